The van der Waals surface area contributed by atoms with Crippen molar-refractivity contribution in [3.63, 3.8) is 0 Å². The summed E-state index contributed by atoms with van der Waals surface area (Å²) in [7, 11) is 1.64. The molecule has 6 nitrogen and oxygen atoms in total. The zero-order chi connectivity index (χ0) is 15.7. The van der Waals surface area contributed by atoms with Crippen LogP contribution in [0.3, 0.4) is 0 Å². The lowest BCUT2D eigenvalue weighted by molar-refractivity contribution is -0.0158. The smallest absolute Gasteiger partial charge is 0.410 e. The predicted molar refractivity (Wildman–Crippen MR) is 79.8 cm³/mol. The van der Waals surface area contributed by atoms with E-state index in [2.05, 4.69) is 4.98 Å². The zero-order valence-corrected chi connectivity index (χ0v) is 13.0. The maximum atomic E-state index is 12.2. The predicted octanol–water partition coefficient (Wildman–Crippen LogP) is 2.15. The van der Waals surface area contributed by atoms with Gasteiger partial charge in [-0.1, -0.05) is 0 Å². The van der Waals surface area contributed by atoms with Crippen LogP contribution in [0.25, 0.3) is 0 Å². The number of carbonyl (C=O) groups excluding carboxylic acids is 1. The number of anilines is 1. The Bertz CT molecular complexity index is 510. The number of nitrogens with two attached hydrogens (primary N) is 1. The summed E-state index contributed by atoms with van der Waals surface area (Å²) in [4.78, 5) is 18.2. The molecule has 1 amide bonds. The Morgan fingerprint density at radius 3 is 2.67 bits per heavy atom. The number of nitrogen functional groups attached to an aromatic ring is 1. The van der Waals surface area contributed by atoms with Crippen molar-refractivity contribution < 1.29 is 14.3 Å². The largest absolute Gasteiger partial charge is 0.444 e. The fourth-order valence-electron chi connectivity index (χ4n) is 2.42. The first-order valence-corrected chi connectivity index (χ1v) is 7.01. The molecule has 1 aliphatic heterocycles. The van der Waals surface area contributed by atoms with Gasteiger partial charge in [0.25, 0.3) is 0 Å². The van der Waals surface area contributed by atoms with Gasteiger partial charge in [0.1, 0.15) is 11.2 Å². The molecule has 0 bridgehead atoms. The van der Waals surface area contributed by atoms with E-state index in [1.165, 1.54) is 0 Å². The van der Waals surface area contributed by atoms with Gasteiger partial charge >= 0.3 is 6.09 Å². The van der Waals surface area contributed by atoms with Crippen LogP contribution in [-0.4, -0.2) is 41.8 Å². The lowest BCUT2D eigenvalue weighted by Gasteiger charge is -2.28. The molecule has 1 aromatic rings. The number of nitrogens with zero attached hydrogens (tertiary/aromatic N) is 2. The molecule has 2 N–H and O–H groups in total. The molecular weight excluding hydrogens is 270 g/mol. The number of aromatic nitrogens is 1. The number of likely N-dealkylation sites (tertiary alicyclic amines) is 1. The second-order valence-electron chi connectivity index (χ2n) is 6.33. The molecule has 0 spiro atoms. The highest BCUT2D eigenvalue weighted by molar-refractivity contribution is 5.68. The van der Waals surface area contributed by atoms with E-state index in [9.17, 15) is 4.79 Å². The Hall–Kier alpha value is -1.82. The van der Waals surface area contributed by atoms with Gasteiger partial charge in [0.15, 0.2) is 0 Å². The van der Waals surface area contributed by atoms with Gasteiger partial charge in [0, 0.05) is 20.1 Å². The first-order chi connectivity index (χ1) is 9.76. The molecular formula is C15H23N3O3. The zero-order valence-electron chi connectivity index (χ0n) is 13.0. The number of amides is 1. The van der Waals surface area contributed by atoms with Crippen molar-refractivity contribution in [2.24, 2.45) is 0 Å². The van der Waals surface area contributed by atoms with E-state index in [0.717, 1.165) is 5.69 Å². The van der Waals surface area contributed by atoms with Crippen molar-refractivity contribution in [1.29, 1.82) is 0 Å². The number of hydrogen-bond acceptors (Lipinski definition) is 5. The van der Waals surface area contributed by atoms with Crippen LogP contribution in [0.15, 0.2) is 18.3 Å². The maximum Gasteiger partial charge on any atom is 0.410 e. The van der Waals surface area contributed by atoms with Gasteiger partial charge in [-0.25, -0.2) is 4.79 Å². The quantitative estimate of drug-likeness (QED) is 0.904. The number of hydrogen-bond donors (Lipinski definition) is 1. The molecule has 1 aromatic heterocycles. The van der Waals surface area contributed by atoms with E-state index in [-0.39, 0.29) is 6.09 Å². The molecule has 2 rings (SSSR count). The molecule has 116 valence electrons. The molecule has 0 radical (unpaired) electrons. The Morgan fingerprint density at radius 1 is 1.43 bits per heavy atom. The molecule has 21 heavy (non-hydrogen) atoms. The van der Waals surface area contributed by atoms with E-state index < -0.39 is 11.2 Å². The minimum absolute atomic E-state index is 0.322. The Labute approximate surface area is 125 Å². The van der Waals surface area contributed by atoms with Gasteiger partial charge in [-0.05, 0) is 32.9 Å². The molecule has 1 saturated heterocycles. The van der Waals surface area contributed by atoms with E-state index in [4.69, 9.17) is 15.2 Å². The van der Waals surface area contributed by atoms with Crippen molar-refractivity contribution in [2.75, 3.05) is 25.9 Å². The fourth-order valence-corrected chi connectivity index (χ4v) is 2.42. The standard InChI is InChI=1S/C15H23N3O3/c1-14(2,3)21-13(19)18-8-7-15(10-18,20-4)12-6-5-11(16)9-17-12/h5-6,9H,7-8,10,16H2,1-4H3. The summed E-state index contributed by atoms with van der Waals surface area (Å²) in [5.41, 5.74) is 5.96. The minimum atomic E-state index is -0.593. The van der Waals surface area contributed by atoms with Crippen LogP contribution >= 0.6 is 0 Å². The Morgan fingerprint density at radius 2 is 2.14 bits per heavy atom. The van der Waals surface area contributed by atoms with E-state index in [0.29, 0.717) is 25.2 Å². The van der Waals surface area contributed by atoms with Crippen LogP contribution in [0.4, 0.5) is 10.5 Å². The van der Waals surface area contributed by atoms with Crippen molar-refractivity contribution >= 4 is 11.8 Å². The van der Waals surface area contributed by atoms with E-state index >= 15 is 0 Å². The lowest BCUT2D eigenvalue weighted by Crippen LogP contribution is -2.39. The highest BCUT2D eigenvalue weighted by Crippen LogP contribution is 2.35. The van der Waals surface area contributed by atoms with Crippen LogP contribution in [0.2, 0.25) is 0 Å². The summed E-state index contributed by atoms with van der Waals surface area (Å²) in [6.45, 7) is 6.56. The monoisotopic (exact) mass is 293 g/mol. The molecule has 1 fully saturated rings. The molecule has 0 saturated carbocycles. The summed E-state index contributed by atoms with van der Waals surface area (Å²) in [5.74, 6) is 0. The summed E-state index contributed by atoms with van der Waals surface area (Å²) in [6.07, 6.45) is 1.96. The average molecular weight is 293 g/mol. The van der Waals surface area contributed by atoms with Crippen molar-refractivity contribution in [2.45, 2.75) is 38.4 Å². The maximum absolute atomic E-state index is 12.2. The Balaban J connectivity index is 2.14. The SMILES string of the molecule is COC1(c2ccc(N)cn2)CCN(C(=O)OC(C)(C)C)C1. The number of methoxy groups -OCH3 is 1. The molecule has 1 atom stereocenters. The fraction of sp³-hybridized carbons (Fsp3) is 0.600. The van der Waals surface area contributed by atoms with Crippen molar-refractivity contribution in [1.82, 2.24) is 9.88 Å². The molecule has 0 aliphatic carbocycles. The third-order valence-electron chi connectivity index (χ3n) is 3.53. The average Bonchev–Trinajstić information content (AvgIpc) is 2.83. The van der Waals surface area contributed by atoms with Crippen molar-refractivity contribution in [3.8, 4) is 0 Å². The van der Waals surface area contributed by atoms with Gasteiger partial charge < -0.3 is 20.1 Å². The highest BCUT2D eigenvalue weighted by atomic mass is 16.6. The number of rotatable bonds is 2. The summed E-state index contributed by atoms with van der Waals surface area (Å²) in [5, 5.41) is 0. The second kappa shape index (κ2) is 5.52. The second-order valence-corrected chi connectivity index (χ2v) is 6.33. The number of ether oxygens (including phenoxy) is 2. The topological polar surface area (TPSA) is 77.7 Å². The van der Waals surface area contributed by atoms with Gasteiger partial charge in [0.05, 0.1) is 24.1 Å². The van der Waals surface area contributed by atoms with Crippen LogP contribution in [0.1, 0.15) is 32.9 Å². The van der Waals surface area contributed by atoms with Crippen LogP contribution in [0.5, 0.6) is 0 Å². The lowest BCUT2D eigenvalue weighted by atomic mass is 9.98. The molecule has 1 unspecified atom stereocenters. The third-order valence-corrected chi connectivity index (χ3v) is 3.53. The first kappa shape index (κ1) is 15.6. The molecule has 2 heterocycles. The summed E-state index contributed by atoms with van der Waals surface area (Å²) < 4.78 is 11.1. The van der Waals surface area contributed by atoms with Gasteiger partial charge in [-0.15, -0.1) is 0 Å². The number of pyridine rings is 1. The van der Waals surface area contributed by atoms with E-state index in [1.807, 2.05) is 26.8 Å². The minimum Gasteiger partial charge on any atom is -0.444 e. The normalized spacial score (nSPS) is 22.4. The van der Waals surface area contributed by atoms with Crippen LogP contribution in [0, 0.1) is 0 Å². The van der Waals surface area contributed by atoms with Gasteiger partial charge in [-0.2, -0.15) is 0 Å². The van der Waals surface area contributed by atoms with Gasteiger partial charge in [-0.3, -0.25) is 4.98 Å². The summed E-state index contributed by atoms with van der Waals surface area (Å²) in [6, 6.07) is 3.64. The summed E-state index contributed by atoms with van der Waals surface area (Å²) >= 11 is 0. The van der Waals surface area contributed by atoms with Crippen LogP contribution in [-0.2, 0) is 15.1 Å². The molecule has 1 aliphatic rings. The third kappa shape index (κ3) is 3.44. The highest BCUT2D eigenvalue weighted by Gasteiger charge is 2.43. The number of carbonyl (C=O) groups is 1. The first-order valence-electron chi connectivity index (χ1n) is 7.01. The molecule has 0 aromatic carbocycles. The molecule has 6 heteroatoms. The Kier molecular flexibility index (Phi) is 4.09. The van der Waals surface area contributed by atoms with E-state index in [1.54, 1.807) is 24.3 Å². The van der Waals surface area contributed by atoms with Gasteiger partial charge in [0.2, 0.25) is 0 Å². The van der Waals surface area contributed by atoms with Crippen molar-refractivity contribution in [3.05, 3.63) is 24.0 Å². The van der Waals surface area contributed by atoms with Crippen LogP contribution < -0.4 is 5.73 Å².